The van der Waals surface area contributed by atoms with Gasteiger partial charge in [0.05, 0.1) is 12.1 Å². The van der Waals surface area contributed by atoms with Crippen molar-refractivity contribution in [3.05, 3.63) is 35.4 Å². The highest BCUT2D eigenvalue weighted by Gasteiger charge is 2.11. The molecule has 1 aromatic rings. The van der Waals surface area contributed by atoms with Gasteiger partial charge in [-0.3, -0.25) is 5.32 Å². The van der Waals surface area contributed by atoms with Gasteiger partial charge in [-0.05, 0) is 31.4 Å². The van der Waals surface area contributed by atoms with Crippen molar-refractivity contribution in [1.82, 2.24) is 5.32 Å². The highest BCUT2D eigenvalue weighted by atomic mass is 14.9. The van der Waals surface area contributed by atoms with E-state index in [1.165, 1.54) is 11.1 Å². The van der Waals surface area contributed by atoms with Crippen molar-refractivity contribution in [2.24, 2.45) is 0 Å². The molecule has 0 bridgehead atoms. The Labute approximate surface area is 91.9 Å². The maximum absolute atomic E-state index is 8.88. The minimum absolute atomic E-state index is 0.0559. The van der Waals surface area contributed by atoms with Crippen LogP contribution in [0, 0.1) is 18.3 Å². The summed E-state index contributed by atoms with van der Waals surface area (Å²) in [4.78, 5) is 0. The van der Waals surface area contributed by atoms with E-state index in [1.54, 1.807) is 0 Å². The van der Waals surface area contributed by atoms with Gasteiger partial charge in [-0.2, -0.15) is 5.26 Å². The van der Waals surface area contributed by atoms with Crippen LogP contribution >= 0.6 is 0 Å². The van der Waals surface area contributed by atoms with E-state index in [-0.39, 0.29) is 12.1 Å². The quantitative estimate of drug-likeness (QED) is 0.814. The van der Waals surface area contributed by atoms with Crippen LogP contribution in [-0.4, -0.2) is 6.04 Å². The Hall–Kier alpha value is -1.33. The van der Waals surface area contributed by atoms with Crippen LogP contribution in [0.5, 0.6) is 0 Å². The molecule has 0 aliphatic rings. The van der Waals surface area contributed by atoms with Crippen LogP contribution in [-0.2, 0) is 0 Å². The smallest absolute Gasteiger partial charge is 0.0954 e. The summed E-state index contributed by atoms with van der Waals surface area (Å²) >= 11 is 0. The molecule has 0 saturated heterocycles. The van der Waals surface area contributed by atoms with Gasteiger partial charge in [0.1, 0.15) is 0 Å². The van der Waals surface area contributed by atoms with E-state index in [0.29, 0.717) is 0 Å². The summed E-state index contributed by atoms with van der Waals surface area (Å²) in [5.41, 5.74) is 2.54. The normalized spacial score (nSPS) is 14.3. The Kier molecular flexibility index (Phi) is 4.33. The Balaban J connectivity index is 2.73. The topological polar surface area (TPSA) is 35.8 Å². The van der Waals surface area contributed by atoms with Crippen LogP contribution < -0.4 is 5.32 Å². The molecule has 80 valence electrons. The third kappa shape index (κ3) is 3.07. The summed E-state index contributed by atoms with van der Waals surface area (Å²) < 4.78 is 0. The molecule has 2 unspecified atom stereocenters. The lowest BCUT2D eigenvalue weighted by atomic mass is 10.0. The molecular weight excluding hydrogens is 184 g/mol. The number of hydrogen-bond acceptors (Lipinski definition) is 2. The fraction of sp³-hybridized carbons (Fsp3) is 0.462. The Morgan fingerprint density at radius 3 is 2.60 bits per heavy atom. The van der Waals surface area contributed by atoms with E-state index in [2.05, 4.69) is 37.4 Å². The number of aryl methyl sites for hydroxylation is 1. The number of nitriles is 1. The zero-order valence-corrected chi connectivity index (χ0v) is 9.62. The third-order valence-corrected chi connectivity index (χ3v) is 2.67. The molecular formula is C13H18N2. The number of nitrogens with zero attached hydrogens (tertiary/aromatic N) is 1. The first-order valence-corrected chi connectivity index (χ1v) is 5.40. The van der Waals surface area contributed by atoms with Gasteiger partial charge >= 0.3 is 0 Å². The van der Waals surface area contributed by atoms with Crippen molar-refractivity contribution in [2.75, 3.05) is 0 Å². The van der Waals surface area contributed by atoms with Gasteiger partial charge < -0.3 is 0 Å². The molecule has 1 aromatic carbocycles. The summed E-state index contributed by atoms with van der Waals surface area (Å²) in [5.74, 6) is 0. The lowest BCUT2D eigenvalue weighted by Crippen LogP contribution is -2.29. The minimum atomic E-state index is -0.0559. The molecule has 2 heteroatoms. The molecule has 0 heterocycles. The van der Waals surface area contributed by atoms with Crippen molar-refractivity contribution >= 4 is 0 Å². The summed E-state index contributed by atoms with van der Waals surface area (Å²) in [6.07, 6.45) is 0.840. The van der Waals surface area contributed by atoms with E-state index in [9.17, 15) is 0 Å². The van der Waals surface area contributed by atoms with Gasteiger partial charge in [-0.15, -0.1) is 0 Å². The van der Waals surface area contributed by atoms with Crippen LogP contribution in [0.15, 0.2) is 24.3 Å². The predicted octanol–water partition coefficient (Wildman–Crippen LogP) is 2.95. The first-order valence-electron chi connectivity index (χ1n) is 5.40. The van der Waals surface area contributed by atoms with Crippen molar-refractivity contribution in [2.45, 2.75) is 39.3 Å². The second-order valence-corrected chi connectivity index (χ2v) is 3.83. The standard InChI is InChI=1S/C13H18N2/c1-4-12(9-14)15-11(3)13-8-6-5-7-10(13)2/h5-8,11-12,15H,4H2,1-3H3. The minimum Gasteiger partial charge on any atom is -0.295 e. The van der Waals surface area contributed by atoms with Crippen molar-refractivity contribution in [3.63, 3.8) is 0 Å². The van der Waals surface area contributed by atoms with Crippen LogP contribution in [0.4, 0.5) is 0 Å². The largest absolute Gasteiger partial charge is 0.295 e. The maximum Gasteiger partial charge on any atom is 0.0954 e. The fourth-order valence-electron chi connectivity index (χ4n) is 1.71. The van der Waals surface area contributed by atoms with Gasteiger partial charge in [0, 0.05) is 6.04 Å². The van der Waals surface area contributed by atoms with E-state index >= 15 is 0 Å². The van der Waals surface area contributed by atoms with Gasteiger partial charge in [-0.25, -0.2) is 0 Å². The molecule has 0 spiro atoms. The zero-order valence-electron chi connectivity index (χ0n) is 9.62. The average Bonchev–Trinajstić information content (AvgIpc) is 2.26. The lowest BCUT2D eigenvalue weighted by Gasteiger charge is -2.19. The summed E-state index contributed by atoms with van der Waals surface area (Å²) in [6.45, 7) is 6.22. The molecule has 1 rings (SSSR count). The monoisotopic (exact) mass is 202 g/mol. The SMILES string of the molecule is CCC(C#N)NC(C)c1ccccc1C. The molecule has 0 aromatic heterocycles. The van der Waals surface area contributed by atoms with Gasteiger partial charge in [0.25, 0.3) is 0 Å². The summed E-state index contributed by atoms with van der Waals surface area (Å²) in [5, 5.41) is 12.2. The molecule has 0 saturated carbocycles. The van der Waals surface area contributed by atoms with Crippen LogP contribution in [0.25, 0.3) is 0 Å². The lowest BCUT2D eigenvalue weighted by molar-refractivity contribution is 0.507. The predicted molar refractivity (Wildman–Crippen MR) is 62.4 cm³/mol. The Bertz CT molecular complexity index is 352. The number of nitrogens with one attached hydrogen (secondary N) is 1. The summed E-state index contributed by atoms with van der Waals surface area (Å²) in [6, 6.07) is 10.7. The molecule has 2 nitrogen and oxygen atoms in total. The zero-order chi connectivity index (χ0) is 11.3. The fourth-order valence-corrected chi connectivity index (χ4v) is 1.71. The van der Waals surface area contributed by atoms with Crippen molar-refractivity contribution in [1.29, 1.82) is 5.26 Å². The van der Waals surface area contributed by atoms with Crippen LogP contribution in [0.3, 0.4) is 0 Å². The van der Waals surface area contributed by atoms with E-state index in [1.807, 2.05) is 19.1 Å². The van der Waals surface area contributed by atoms with Crippen molar-refractivity contribution in [3.8, 4) is 6.07 Å². The van der Waals surface area contributed by atoms with Crippen LogP contribution in [0.1, 0.15) is 37.4 Å². The van der Waals surface area contributed by atoms with Gasteiger partial charge in [0.2, 0.25) is 0 Å². The van der Waals surface area contributed by atoms with E-state index in [0.717, 1.165) is 6.42 Å². The van der Waals surface area contributed by atoms with Crippen molar-refractivity contribution < 1.29 is 0 Å². The van der Waals surface area contributed by atoms with Gasteiger partial charge in [-0.1, -0.05) is 31.2 Å². The molecule has 2 atom stereocenters. The first-order chi connectivity index (χ1) is 7.19. The molecule has 0 amide bonds. The molecule has 1 N–H and O–H groups in total. The van der Waals surface area contributed by atoms with E-state index < -0.39 is 0 Å². The highest BCUT2D eigenvalue weighted by molar-refractivity contribution is 5.28. The number of hydrogen-bond donors (Lipinski definition) is 1. The second-order valence-electron chi connectivity index (χ2n) is 3.83. The number of rotatable bonds is 4. The Morgan fingerprint density at radius 1 is 1.40 bits per heavy atom. The molecule has 0 radical (unpaired) electrons. The van der Waals surface area contributed by atoms with E-state index in [4.69, 9.17) is 5.26 Å². The van der Waals surface area contributed by atoms with Gasteiger partial charge in [0.15, 0.2) is 0 Å². The molecule has 15 heavy (non-hydrogen) atoms. The first kappa shape index (κ1) is 11.7. The summed E-state index contributed by atoms with van der Waals surface area (Å²) in [7, 11) is 0. The maximum atomic E-state index is 8.88. The average molecular weight is 202 g/mol. The number of benzene rings is 1. The molecule has 0 fully saturated rings. The third-order valence-electron chi connectivity index (χ3n) is 2.67. The Morgan fingerprint density at radius 2 is 2.07 bits per heavy atom. The van der Waals surface area contributed by atoms with Crippen LogP contribution in [0.2, 0.25) is 0 Å². The molecule has 0 aliphatic heterocycles. The molecule has 0 aliphatic carbocycles. The second kappa shape index (κ2) is 5.53. The highest BCUT2D eigenvalue weighted by Crippen LogP contribution is 2.17.